The predicted molar refractivity (Wildman–Crippen MR) is 64.8 cm³/mol. The lowest BCUT2D eigenvalue weighted by molar-refractivity contribution is -0.348. The summed E-state index contributed by atoms with van der Waals surface area (Å²) in [6.07, 6.45) is -11.4. The second kappa shape index (κ2) is 5.77. The van der Waals surface area contributed by atoms with Crippen LogP contribution in [0.3, 0.4) is 0 Å². The van der Waals surface area contributed by atoms with Crippen LogP contribution < -0.4 is 0 Å². The minimum atomic E-state index is -6.18. The lowest BCUT2D eigenvalue weighted by atomic mass is 9.86. The normalized spacial score (nSPS) is 13.9. The third-order valence-electron chi connectivity index (χ3n) is 3.33. The van der Waals surface area contributed by atoms with E-state index in [-0.39, 0.29) is 12.0 Å². The zero-order chi connectivity index (χ0) is 17.3. The molecule has 0 spiro atoms. The topological polar surface area (TPSA) is 32.6 Å². The van der Waals surface area contributed by atoms with E-state index in [9.17, 15) is 30.7 Å². The van der Waals surface area contributed by atoms with Crippen LogP contribution in [0.5, 0.6) is 0 Å². The first-order chi connectivity index (χ1) is 9.91. The average molecular weight is 331 g/mol. The molecule has 124 valence electrons. The molecular formula is C13H12F7NO. The third kappa shape index (κ3) is 2.76. The minimum absolute atomic E-state index is 0.182. The van der Waals surface area contributed by atoms with Gasteiger partial charge in [0.15, 0.2) is 0 Å². The van der Waals surface area contributed by atoms with Crippen molar-refractivity contribution in [3.05, 3.63) is 34.4 Å². The quantitative estimate of drug-likeness (QED) is 0.372. The van der Waals surface area contributed by atoms with Gasteiger partial charge >= 0.3 is 18.0 Å². The van der Waals surface area contributed by atoms with Crippen LogP contribution in [0.4, 0.5) is 30.7 Å². The highest BCUT2D eigenvalue weighted by atomic mass is 19.4. The molecule has 0 atom stereocenters. The van der Waals surface area contributed by atoms with E-state index >= 15 is 0 Å². The highest BCUT2D eigenvalue weighted by Gasteiger charge is 2.73. The van der Waals surface area contributed by atoms with E-state index in [4.69, 9.17) is 5.21 Å². The van der Waals surface area contributed by atoms with Gasteiger partial charge in [-0.05, 0) is 24.5 Å². The second-order valence-electron chi connectivity index (χ2n) is 4.56. The fourth-order valence-electron chi connectivity index (χ4n) is 2.17. The van der Waals surface area contributed by atoms with Crippen LogP contribution >= 0.6 is 0 Å². The first-order valence-corrected chi connectivity index (χ1v) is 6.04. The number of aryl methyl sites for hydroxylation is 1. The molecule has 1 aromatic carbocycles. The number of hydrogen-bond donors (Lipinski definition) is 1. The largest absolute Gasteiger partial charge is 0.435 e. The number of benzene rings is 1. The van der Waals surface area contributed by atoms with Gasteiger partial charge in [-0.25, -0.2) is 4.39 Å². The second-order valence-corrected chi connectivity index (χ2v) is 4.56. The van der Waals surface area contributed by atoms with Crippen molar-refractivity contribution < 1.29 is 35.9 Å². The molecule has 0 saturated carbocycles. The number of halogens is 7. The Morgan fingerprint density at radius 2 is 1.55 bits per heavy atom. The molecule has 0 bridgehead atoms. The lowest BCUT2D eigenvalue weighted by Crippen LogP contribution is -2.51. The third-order valence-corrected chi connectivity index (χ3v) is 3.33. The zero-order valence-corrected chi connectivity index (χ0v) is 11.5. The van der Waals surface area contributed by atoms with Gasteiger partial charge in [0.2, 0.25) is 0 Å². The Hall–Kier alpha value is -1.80. The van der Waals surface area contributed by atoms with Crippen LogP contribution in [0, 0.1) is 6.92 Å². The van der Waals surface area contributed by atoms with Crippen molar-refractivity contribution in [1.82, 2.24) is 0 Å². The maximum Gasteiger partial charge on any atom is 0.435 e. The summed E-state index contributed by atoms with van der Waals surface area (Å²) >= 11 is 0. The van der Waals surface area contributed by atoms with E-state index in [0.717, 1.165) is 13.0 Å². The van der Waals surface area contributed by atoms with Crippen LogP contribution in [-0.2, 0) is 12.1 Å². The minimum Gasteiger partial charge on any atom is -0.411 e. The smallest absolute Gasteiger partial charge is 0.411 e. The Labute approximate surface area is 121 Å². The number of hydrogen-bond acceptors (Lipinski definition) is 2. The Morgan fingerprint density at radius 3 is 1.91 bits per heavy atom. The van der Waals surface area contributed by atoms with Crippen molar-refractivity contribution in [3.8, 4) is 0 Å². The van der Waals surface area contributed by atoms with E-state index in [1.165, 1.54) is 0 Å². The molecular weight excluding hydrogens is 319 g/mol. The van der Waals surface area contributed by atoms with Gasteiger partial charge in [0, 0.05) is 11.1 Å². The van der Waals surface area contributed by atoms with Crippen molar-refractivity contribution in [2.45, 2.75) is 38.3 Å². The molecule has 0 aromatic heterocycles. The first-order valence-electron chi connectivity index (χ1n) is 6.04. The molecule has 1 N–H and O–H groups in total. The summed E-state index contributed by atoms with van der Waals surface area (Å²) in [5.74, 6) is 0. The molecule has 0 unspecified atom stereocenters. The van der Waals surface area contributed by atoms with E-state index < -0.39 is 29.1 Å². The molecule has 9 heteroatoms. The molecule has 0 aliphatic rings. The lowest BCUT2D eigenvalue weighted by Gasteiger charge is -2.32. The molecule has 1 aromatic rings. The van der Waals surface area contributed by atoms with Crippen LogP contribution in [-0.4, -0.2) is 23.8 Å². The SMILES string of the molecule is CCc1ccc(C(F)(C(F)(F)F)C(F)(F)F)c(C)c1C=NO. The van der Waals surface area contributed by atoms with Gasteiger partial charge in [-0.1, -0.05) is 24.2 Å². The summed E-state index contributed by atoms with van der Waals surface area (Å²) in [4.78, 5) is 0. The fourth-order valence-corrected chi connectivity index (χ4v) is 2.17. The monoisotopic (exact) mass is 331 g/mol. The standard InChI is InChI=1S/C13H12F7NO/c1-3-8-4-5-10(7(2)9(8)6-21-22)11(14,12(15,16)17)13(18,19)20/h4-6,22H,3H2,1-2H3. The van der Waals surface area contributed by atoms with Crippen LogP contribution in [0.25, 0.3) is 0 Å². The van der Waals surface area contributed by atoms with E-state index in [1.807, 2.05) is 0 Å². The molecule has 0 aliphatic carbocycles. The van der Waals surface area contributed by atoms with Gasteiger partial charge in [0.05, 0.1) is 6.21 Å². The summed E-state index contributed by atoms with van der Waals surface area (Å²) in [5.41, 5.74) is -7.52. The molecule has 2 nitrogen and oxygen atoms in total. The van der Waals surface area contributed by atoms with Gasteiger partial charge in [0.25, 0.3) is 0 Å². The highest BCUT2D eigenvalue weighted by molar-refractivity contribution is 5.84. The van der Waals surface area contributed by atoms with E-state index in [2.05, 4.69) is 5.16 Å². The summed E-state index contributed by atoms with van der Waals surface area (Å²) in [6.45, 7) is 2.51. The van der Waals surface area contributed by atoms with Crippen molar-refractivity contribution in [3.63, 3.8) is 0 Å². The fraction of sp³-hybridized carbons (Fsp3) is 0.462. The van der Waals surface area contributed by atoms with Gasteiger partial charge in [-0.15, -0.1) is 0 Å². The van der Waals surface area contributed by atoms with Crippen molar-refractivity contribution >= 4 is 6.21 Å². The first kappa shape index (κ1) is 18.2. The number of rotatable bonds is 3. The van der Waals surface area contributed by atoms with E-state index in [1.54, 1.807) is 6.92 Å². The highest BCUT2D eigenvalue weighted by Crippen LogP contribution is 2.54. The van der Waals surface area contributed by atoms with Gasteiger partial charge < -0.3 is 5.21 Å². The molecule has 0 amide bonds. The number of alkyl halides is 7. The van der Waals surface area contributed by atoms with Gasteiger partial charge in [-0.3, -0.25) is 0 Å². The van der Waals surface area contributed by atoms with E-state index in [0.29, 0.717) is 17.8 Å². The van der Waals surface area contributed by atoms with Crippen molar-refractivity contribution in [2.75, 3.05) is 0 Å². The summed E-state index contributed by atoms with van der Waals surface area (Å²) in [6, 6.07) is 1.41. The van der Waals surface area contributed by atoms with Crippen molar-refractivity contribution in [2.24, 2.45) is 5.16 Å². The molecule has 0 radical (unpaired) electrons. The molecule has 0 saturated heterocycles. The number of oxime groups is 1. The Kier molecular flexibility index (Phi) is 4.79. The Bertz CT molecular complexity index is 561. The number of nitrogens with zero attached hydrogens (tertiary/aromatic N) is 1. The van der Waals surface area contributed by atoms with Crippen molar-refractivity contribution in [1.29, 1.82) is 0 Å². The predicted octanol–water partition coefficient (Wildman–Crippen LogP) is 4.65. The van der Waals surface area contributed by atoms with Crippen LogP contribution in [0.1, 0.15) is 29.2 Å². The molecule has 0 heterocycles. The van der Waals surface area contributed by atoms with Gasteiger partial charge in [0.1, 0.15) is 0 Å². The average Bonchev–Trinajstić information content (AvgIpc) is 2.37. The maximum absolute atomic E-state index is 14.1. The molecule has 0 aliphatic heterocycles. The summed E-state index contributed by atoms with van der Waals surface area (Å²) in [5, 5.41) is 11.1. The molecule has 0 fully saturated rings. The van der Waals surface area contributed by atoms with Crippen LogP contribution in [0.2, 0.25) is 0 Å². The maximum atomic E-state index is 14.1. The van der Waals surface area contributed by atoms with Gasteiger partial charge in [-0.2, -0.15) is 26.3 Å². The zero-order valence-electron chi connectivity index (χ0n) is 11.5. The summed E-state index contributed by atoms with van der Waals surface area (Å²) in [7, 11) is 0. The molecule has 1 rings (SSSR count). The van der Waals surface area contributed by atoms with Crippen LogP contribution in [0.15, 0.2) is 17.3 Å². The molecule has 22 heavy (non-hydrogen) atoms. The Balaban J connectivity index is 3.77. The Morgan fingerprint density at radius 1 is 1.05 bits per heavy atom. The summed E-state index contributed by atoms with van der Waals surface area (Å²) < 4.78 is 90.8.